The van der Waals surface area contributed by atoms with Crippen LogP contribution in [-0.2, 0) is 18.9 Å². The molecule has 7 aromatic rings. The van der Waals surface area contributed by atoms with Crippen LogP contribution >= 0.6 is 0 Å². The van der Waals surface area contributed by atoms with E-state index in [1.807, 2.05) is 0 Å². The number of aromatic nitrogens is 2. The fourth-order valence-electron chi connectivity index (χ4n) is 8.18. The fourth-order valence-corrected chi connectivity index (χ4v) is 8.18. The standard InChI is InChI=1S/C37H37N2/c1-22-26-14-8-9-15-27(26)33(37(2,3)4)36-30(22)34-32-24(18-19-38(34)5)21-25(20-23-12-6-7-13-23)31-28-16-10-11-17-29(28)39(36)35(31)32/h8-11,14-19,21,23H,6-7,12-13,20H2,1-5H3/q+1. The predicted octanol–water partition coefficient (Wildman–Crippen LogP) is 9.31. The van der Waals surface area contributed by atoms with E-state index in [2.05, 4.69) is 111 Å². The van der Waals surface area contributed by atoms with Crippen molar-refractivity contribution in [1.29, 1.82) is 0 Å². The highest BCUT2D eigenvalue weighted by atomic mass is 15.0. The fraction of sp³-hybridized carbons (Fsp3) is 0.324. The number of hydrogen-bond donors (Lipinski definition) is 0. The van der Waals surface area contributed by atoms with Crippen LogP contribution in [0.3, 0.4) is 0 Å². The first-order valence-electron chi connectivity index (χ1n) is 14.8. The van der Waals surface area contributed by atoms with Gasteiger partial charge in [-0.2, -0.15) is 0 Å². The molecular weight excluding hydrogens is 472 g/mol. The van der Waals surface area contributed by atoms with E-state index in [1.54, 1.807) is 0 Å². The zero-order valence-electron chi connectivity index (χ0n) is 23.9. The molecule has 0 spiro atoms. The quantitative estimate of drug-likeness (QED) is 0.125. The predicted molar refractivity (Wildman–Crippen MR) is 166 cm³/mol. The van der Waals surface area contributed by atoms with E-state index in [-0.39, 0.29) is 5.41 Å². The Bertz CT molecular complexity index is 2100. The maximum Gasteiger partial charge on any atom is 0.224 e. The molecule has 3 heterocycles. The molecule has 8 rings (SSSR count). The van der Waals surface area contributed by atoms with Gasteiger partial charge in [0.05, 0.1) is 27.3 Å². The third kappa shape index (κ3) is 3.06. The molecule has 0 N–H and O–H groups in total. The molecule has 0 atom stereocenters. The number of benzene rings is 4. The molecule has 1 saturated carbocycles. The molecule has 0 bridgehead atoms. The van der Waals surface area contributed by atoms with Crippen molar-refractivity contribution in [3.63, 3.8) is 0 Å². The summed E-state index contributed by atoms with van der Waals surface area (Å²) in [6, 6.07) is 23.2. The van der Waals surface area contributed by atoms with Gasteiger partial charge in [0.25, 0.3) is 0 Å². The van der Waals surface area contributed by atoms with Crippen LogP contribution in [0, 0.1) is 12.8 Å². The van der Waals surface area contributed by atoms with E-state index in [9.17, 15) is 0 Å². The molecule has 0 radical (unpaired) electrons. The molecule has 0 aliphatic heterocycles. The highest BCUT2D eigenvalue weighted by Gasteiger charge is 2.31. The summed E-state index contributed by atoms with van der Waals surface area (Å²) in [7, 11) is 2.24. The number of para-hydroxylation sites is 1. The minimum atomic E-state index is -0.0273. The number of rotatable bonds is 2. The molecule has 2 nitrogen and oxygen atoms in total. The lowest BCUT2D eigenvalue weighted by Crippen LogP contribution is -2.29. The molecular formula is C37H37N2+. The van der Waals surface area contributed by atoms with Crippen molar-refractivity contribution < 1.29 is 4.57 Å². The van der Waals surface area contributed by atoms with E-state index in [0.717, 1.165) is 5.92 Å². The molecule has 1 fully saturated rings. The summed E-state index contributed by atoms with van der Waals surface area (Å²) in [5.41, 5.74) is 9.85. The Morgan fingerprint density at radius 1 is 0.821 bits per heavy atom. The number of pyridine rings is 2. The summed E-state index contributed by atoms with van der Waals surface area (Å²) in [6.45, 7) is 9.51. The smallest absolute Gasteiger partial charge is 0.224 e. The lowest BCUT2D eigenvalue weighted by Gasteiger charge is -2.27. The second-order valence-electron chi connectivity index (χ2n) is 13.2. The van der Waals surface area contributed by atoms with Crippen molar-refractivity contribution in [1.82, 2.24) is 4.40 Å². The molecule has 1 aliphatic carbocycles. The Morgan fingerprint density at radius 3 is 2.26 bits per heavy atom. The van der Waals surface area contributed by atoms with Gasteiger partial charge in [-0.3, -0.25) is 0 Å². The van der Waals surface area contributed by atoms with Gasteiger partial charge in [0, 0.05) is 16.8 Å². The summed E-state index contributed by atoms with van der Waals surface area (Å²) >= 11 is 0. The molecule has 39 heavy (non-hydrogen) atoms. The Labute approximate surface area is 230 Å². The SMILES string of the molecule is Cc1c2ccccc2c(C(C)(C)C)c2c1c1c3c(cc[n+]1C)cc(CC1CCCC1)c1c4ccccc4n2c13. The topological polar surface area (TPSA) is 8.29 Å². The van der Waals surface area contributed by atoms with Gasteiger partial charge in [-0.05, 0) is 69.7 Å². The first-order chi connectivity index (χ1) is 18.8. The molecule has 0 unspecified atom stereocenters. The van der Waals surface area contributed by atoms with Crippen LogP contribution in [0.5, 0.6) is 0 Å². The van der Waals surface area contributed by atoms with Crippen LogP contribution in [0.15, 0.2) is 66.9 Å². The average Bonchev–Trinajstić information content (AvgIpc) is 3.55. The second kappa shape index (κ2) is 7.94. The van der Waals surface area contributed by atoms with E-state index in [0.29, 0.717) is 0 Å². The van der Waals surface area contributed by atoms with E-state index < -0.39 is 0 Å². The monoisotopic (exact) mass is 509 g/mol. The highest BCUT2D eigenvalue weighted by molar-refractivity contribution is 6.29. The lowest BCUT2D eigenvalue weighted by atomic mass is 9.80. The van der Waals surface area contributed by atoms with Crippen molar-refractivity contribution in [2.45, 2.75) is 65.2 Å². The molecule has 4 aromatic carbocycles. The number of hydrogen-bond acceptors (Lipinski definition) is 0. The van der Waals surface area contributed by atoms with Gasteiger partial charge in [0.2, 0.25) is 5.52 Å². The Balaban J connectivity index is 1.74. The third-order valence-corrected chi connectivity index (χ3v) is 9.76. The number of nitrogens with zero attached hydrogens (tertiary/aromatic N) is 2. The van der Waals surface area contributed by atoms with Crippen LogP contribution in [0.1, 0.15) is 63.1 Å². The molecule has 2 heteroatoms. The van der Waals surface area contributed by atoms with E-state index in [4.69, 9.17) is 0 Å². The molecule has 0 amide bonds. The normalized spacial score (nSPS) is 15.4. The highest BCUT2D eigenvalue weighted by Crippen LogP contribution is 2.48. The number of fused-ring (bicyclic) bond motifs is 7. The van der Waals surface area contributed by atoms with Crippen LogP contribution in [0.25, 0.3) is 59.8 Å². The van der Waals surface area contributed by atoms with Crippen LogP contribution in [-0.4, -0.2) is 4.40 Å². The largest absolute Gasteiger partial charge is 0.307 e. The minimum Gasteiger partial charge on any atom is -0.307 e. The van der Waals surface area contributed by atoms with Crippen molar-refractivity contribution in [2.24, 2.45) is 13.0 Å². The van der Waals surface area contributed by atoms with Crippen molar-refractivity contribution in [3.05, 3.63) is 83.6 Å². The minimum absolute atomic E-state index is 0.0273. The van der Waals surface area contributed by atoms with Gasteiger partial charge in [0.15, 0.2) is 6.20 Å². The summed E-state index contributed by atoms with van der Waals surface area (Å²) in [5.74, 6) is 0.804. The van der Waals surface area contributed by atoms with Gasteiger partial charge < -0.3 is 4.40 Å². The second-order valence-corrected chi connectivity index (χ2v) is 13.2. The van der Waals surface area contributed by atoms with Crippen molar-refractivity contribution in [2.75, 3.05) is 0 Å². The Kier molecular flexibility index (Phi) is 4.74. The maximum absolute atomic E-state index is 2.67. The van der Waals surface area contributed by atoms with Crippen LogP contribution < -0.4 is 4.57 Å². The van der Waals surface area contributed by atoms with Crippen LogP contribution in [0.2, 0.25) is 0 Å². The van der Waals surface area contributed by atoms with Crippen molar-refractivity contribution >= 4 is 59.8 Å². The molecule has 0 saturated heterocycles. The van der Waals surface area contributed by atoms with Gasteiger partial charge in [-0.15, -0.1) is 0 Å². The summed E-state index contributed by atoms with van der Waals surface area (Å²) < 4.78 is 5.06. The maximum atomic E-state index is 2.67. The molecule has 3 aromatic heterocycles. The Morgan fingerprint density at radius 2 is 1.51 bits per heavy atom. The third-order valence-electron chi connectivity index (χ3n) is 9.76. The first-order valence-corrected chi connectivity index (χ1v) is 14.8. The van der Waals surface area contributed by atoms with Crippen LogP contribution in [0.4, 0.5) is 0 Å². The van der Waals surface area contributed by atoms with Gasteiger partial charge in [0.1, 0.15) is 7.05 Å². The summed E-state index contributed by atoms with van der Waals surface area (Å²) in [5, 5.41) is 9.81. The zero-order chi connectivity index (χ0) is 26.6. The molecule has 1 aliphatic rings. The van der Waals surface area contributed by atoms with Gasteiger partial charge >= 0.3 is 0 Å². The lowest BCUT2D eigenvalue weighted by molar-refractivity contribution is -0.643. The van der Waals surface area contributed by atoms with E-state index >= 15 is 0 Å². The summed E-state index contributed by atoms with van der Waals surface area (Å²) in [4.78, 5) is 0. The average molecular weight is 510 g/mol. The zero-order valence-corrected chi connectivity index (χ0v) is 23.9. The number of aryl methyl sites for hydroxylation is 2. The van der Waals surface area contributed by atoms with Gasteiger partial charge in [-0.25, -0.2) is 4.57 Å². The van der Waals surface area contributed by atoms with E-state index in [1.165, 1.54) is 109 Å². The Hall–Kier alpha value is -3.65. The van der Waals surface area contributed by atoms with Crippen molar-refractivity contribution in [3.8, 4) is 0 Å². The first kappa shape index (κ1) is 23.3. The molecule has 194 valence electrons. The van der Waals surface area contributed by atoms with Gasteiger partial charge in [-0.1, -0.05) is 88.9 Å². The summed E-state index contributed by atoms with van der Waals surface area (Å²) in [6.07, 6.45) is 8.99.